The van der Waals surface area contributed by atoms with Crippen molar-refractivity contribution < 1.29 is 17.6 Å². The Kier molecular flexibility index (Phi) is 9.66. The van der Waals surface area contributed by atoms with Gasteiger partial charge < -0.3 is 0 Å². The van der Waals surface area contributed by atoms with Crippen LogP contribution < -0.4 is 0 Å². The lowest BCUT2D eigenvalue weighted by Crippen LogP contribution is -2.26. The average molecular weight is 560 g/mol. The van der Waals surface area contributed by atoms with E-state index in [2.05, 4.69) is 22.9 Å². The summed E-state index contributed by atoms with van der Waals surface area (Å²) >= 11 is 2.09. The molecule has 3 saturated carbocycles. The van der Waals surface area contributed by atoms with Crippen LogP contribution in [0.4, 0.5) is 17.6 Å². The van der Waals surface area contributed by atoms with E-state index in [0.29, 0.717) is 11.5 Å². The fourth-order valence-electron chi connectivity index (χ4n) is 7.66. The fraction of sp³-hybridized carbons (Fsp3) is 0.800. The standard InChI is InChI=1S/C30H43BrF4/c1-2-3-20-4-6-21(7-5-20)8-9-22-10-12-23(13-11-22)24-14-16-25(17-15-24)26-18-27(32)29(28(33)19-26)30(31,34)35/h18-25H,2-17H2,1H3. The van der Waals surface area contributed by atoms with Gasteiger partial charge in [-0.2, -0.15) is 8.78 Å². The summed E-state index contributed by atoms with van der Waals surface area (Å²) in [6.07, 6.45) is 20.8. The number of hydrogen-bond donors (Lipinski definition) is 0. The van der Waals surface area contributed by atoms with Gasteiger partial charge in [0.15, 0.2) is 0 Å². The van der Waals surface area contributed by atoms with Crippen molar-refractivity contribution in [1.29, 1.82) is 0 Å². The Hall–Kier alpha value is -0.580. The third-order valence-electron chi connectivity index (χ3n) is 9.80. The first-order valence-electron chi connectivity index (χ1n) is 14.3. The van der Waals surface area contributed by atoms with E-state index in [1.165, 1.54) is 77.0 Å². The van der Waals surface area contributed by atoms with Crippen molar-refractivity contribution in [3.63, 3.8) is 0 Å². The van der Waals surface area contributed by atoms with E-state index in [9.17, 15) is 17.6 Å². The predicted molar refractivity (Wildman–Crippen MR) is 139 cm³/mol. The molecule has 0 aromatic heterocycles. The van der Waals surface area contributed by atoms with Crippen molar-refractivity contribution in [2.75, 3.05) is 0 Å². The van der Waals surface area contributed by atoms with Crippen molar-refractivity contribution in [1.82, 2.24) is 0 Å². The van der Waals surface area contributed by atoms with E-state index < -0.39 is 22.0 Å². The van der Waals surface area contributed by atoms with Gasteiger partial charge in [-0.1, -0.05) is 71.1 Å². The number of rotatable bonds is 8. The minimum atomic E-state index is -3.69. The highest BCUT2D eigenvalue weighted by Crippen LogP contribution is 2.46. The quantitative estimate of drug-likeness (QED) is 0.220. The summed E-state index contributed by atoms with van der Waals surface area (Å²) in [6, 6.07) is 2.25. The highest BCUT2D eigenvalue weighted by molar-refractivity contribution is 9.09. The molecule has 0 radical (unpaired) electrons. The maximum absolute atomic E-state index is 14.2. The number of benzene rings is 1. The molecule has 4 rings (SSSR count). The average Bonchev–Trinajstić information content (AvgIpc) is 2.83. The van der Waals surface area contributed by atoms with Crippen molar-refractivity contribution in [3.8, 4) is 0 Å². The highest BCUT2D eigenvalue weighted by atomic mass is 79.9. The van der Waals surface area contributed by atoms with Crippen LogP contribution >= 0.6 is 15.9 Å². The molecule has 0 spiro atoms. The van der Waals surface area contributed by atoms with Crippen LogP contribution in [0.1, 0.15) is 127 Å². The maximum Gasteiger partial charge on any atom is 0.332 e. The van der Waals surface area contributed by atoms with Crippen LogP contribution in [0.5, 0.6) is 0 Å². The van der Waals surface area contributed by atoms with Gasteiger partial charge in [-0.25, -0.2) is 8.78 Å². The first-order chi connectivity index (χ1) is 16.7. The van der Waals surface area contributed by atoms with Crippen LogP contribution in [0.2, 0.25) is 0 Å². The molecule has 0 N–H and O–H groups in total. The van der Waals surface area contributed by atoms with E-state index in [1.807, 2.05) is 0 Å². The van der Waals surface area contributed by atoms with Crippen LogP contribution in [0.25, 0.3) is 0 Å². The molecule has 3 aliphatic rings. The summed E-state index contributed by atoms with van der Waals surface area (Å²) in [5.41, 5.74) is -0.651. The summed E-state index contributed by atoms with van der Waals surface area (Å²) in [5, 5.41) is 0. The SMILES string of the molecule is CCCC1CCC(CCC2CCC(C3CCC(c4cc(F)c(C(F)(F)Br)c(F)c4)CC3)CC2)CC1. The summed E-state index contributed by atoms with van der Waals surface area (Å²) < 4.78 is 55.4. The molecule has 0 bridgehead atoms. The molecule has 1 aromatic carbocycles. The monoisotopic (exact) mass is 558 g/mol. The van der Waals surface area contributed by atoms with E-state index in [1.54, 1.807) is 0 Å². The minimum Gasteiger partial charge on any atom is -0.206 e. The van der Waals surface area contributed by atoms with Crippen molar-refractivity contribution in [2.45, 2.75) is 120 Å². The smallest absolute Gasteiger partial charge is 0.206 e. The highest BCUT2D eigenvalue weighted by Gasteiger charge is 2.36. The van der Waals surface area contributed by atoms with Crippen molar-refractivity contribution in [2.24, 2.45) is 29.6 Å². The summed E-state index contributed by atoms with van der Waals surface area (Å²) in [4.78, 5) is -3.69. The molecule has 0 atom stereocenters. The molecule has 1 aromatic rings. The second-order valence-corrected chi connectivity index (χ2v) is 13.0. The van der Waals surface area contributed by atoms with Gasteiger partial charge in [0.2, 0.25) is 0 Å². The Morgan fingerprint density at radius 1 is 0.686 bits per heavy atom. The van der Waals surface area contributed by atoms with Gasteiger partial charge in [0, 0.05) is 0 Å². The zero-order valence-electron chi connectivity index (χ0n) is 21.3. The molecule has 35 heavy (non-hydrogen) atoms. The van der Waals surface area contributed by atoms with Gasteiger partial charge in [0.25, 0.3) is 0 Å². The first kappa shape index (κ1) is 27.5. The van der Waals surface area contributed by atoms with E-state index in [0.717, 1.165) is 61.5 Å². The Balaban J connectivity index is 1.18. The van der Waals surface area contributed by atoms with Crippen LogP contribution in [-0.4, -0.2) is 0 Å². The number of alkyl halides is 3. The van der Waals surface area contributed by atoms with E-state index in [-0.39, 0.29) is 5.92 Å². The second kappa shape index (κ2) is 12.3. The third kappa shape index (κ3) is 7.26. The molecule has 3 aliphatic carbocycles. The summed E-state index contributed by atoms with van der Waals surface area (Å²) in [7, 11) is 0. The first-order valence-corrected chi connectivity index (χ1v) is 15.1. The maximum atomic E-state index is 14.2. The predicted octanol–water partition coefficient (Wildman–Crippen LogP) is 10.9. The van der Waals surface area contributed by atoms with Gasteiger partial charge in [-0.05, 0) is 108 Å². The van der Waals surface area contributed by atoms with Gasteiger partial charge in [0.05, 0.1) is 0 Å². The largest absolute Gasteiger partial charge is 0.332 e. The fourth-order valence-corrected chi connectivity index (χ4v) is 8.04. The molecule has 5 heteroatoms. The Morgan fingerprint density at radius 2 is 1.09 bits per heavy atom. The molecule has 0 nitrogen and oxygen atoms in total. The topological polar surface area (TPSA) is 0 Å². The van der Waals surface area contributed by atoms with Crippen molar-refractivity contribution >= 4 is 15.9 Å². The van der Waals surface area contributed by atoms with Gasteiger partial charge in [-0.3, -0.25) is 0 Å². The molecule has 0 unspecified atom stereocenters. The number of halogens is 5. The van der Waals surface area contributed by atoms with E-state index >= 15 is 0 Å². The Labute approximate surface area is 218 Å². The van der Waals surface area contributed by atoms with Crippen LogP contribution in [-0.2, 0) is 4.83 Å². The number of hydrogen-bond acceptors (Lipinski definition) is 0. The molecule has 0 heterocycles. The molecule has 0 amide bonds. The third-order valence-corrected chi connectivity index (χ3v) is 10.2. The van der Waals surface area contributed by atoms with Gasteiger partial charge in [-0.15, -0.1) is 0 Å². The molecular formula is C30H43BrF4. The van der Waals surface area contributed by atoms with Gasteiger partial charge in [0.1, 0.15) is 17.2 Å². The normalized spacial score (nSPS) is 32.5. The zero-order chi connectivity index (χ0) is 25.0. The van der Waals surface area contributed by atoms with Crippen molar-refractivity contribution in [3.05, 3.63) is 34.9 Å². The summed E-state index contributed by atoms with van der Waals surface area (Å²) in [5.74, 6) is 2.14. The molecule has 198 valence electrons. The molecular weight excluding hydrogens is 516 g/mol. The van der Waals surface area contributed by atoms with Crippen LogP contribution in [0.15, 0.2) is 12.1 Å². The lowest BCUT2D eigenvalue weighted by atomic mass is 9.67. The van der Waals surface area contributed by atoms with Crippen LogP contribution in [0.3, 0.4) is 0 Å². The minimum absolute atomic E-state index is 0.0667. The summed E-state index contributed by atoms with van der Waals surface area (Å²) in [6.45, 7) is 2.31. The Bertz CT molecular complexity index is 772. The second-order valence-electron chi connectivity index (χ2n) is 12.0. The molecule has 0 saturated heterocycles. The lowest BCUT2D eigenvalue weighted by Gasteiger charge is -2.38. The zero-order valence-corrected chi connectivity index (χ0v) is 22.9. The van der Waals surface area contributed by atoms with Gasteiger partial charge >= 0.3 is 4.83 Å². The Morgan fingerprint density at radius 3 is 1.51 bits per heavy atom. The van der Waals surface area contributed by atoms with Crippen LogP contribution in [0, 0.1) is 41.2 Å². The molecule has 0 aliphatic heterocycles. The van der Waals surface area contributed by atoms with E-state index in [4.69, 9.17) is 0 Å². The molecule has 3 fully saturated rings. The lowest BCUT2D eigenvalue weighted by molar-refractivity contribution is 0.105.